The van der Waals surface area contributed by atoms with E-state index in [0.29, 0.717) is 12.1 Å². The minimum absolute atomic E-state index is 0.173. The van der Waals surface area contributed by atoms with Gasteiger partial charge in [0.15, 0.2) is 0 Å². The Hall–Kier alpha value is -0.630. The number of thiophene rings is 1. The minimum atomic E-state index is -3.53. The predicted octanol–water partition coefficient (Wildman–Crippen LogP) is 0.379. The molecule has 0 spiro atoms. The molecule has 1 atom stereocenters. The number of nitrogens with one attached hydrogen (secondary N) is 1. The van der Waals surface area contributed by atoms with E-state index in [1.54, 1.807) is 12.3 Å². The molecule has 1 aromatic heterocycles. The summed E-state index contributed by atoms with van der Waals surface area (Å²) < 4.78 is 26.0. The molecule has 0 bridgehead atoms. The van der Waals surface area contributed by atoms with Crippen LogP contribution in [0.1, 0.15) is 13.3 Å². The fourth-order valence-electron chi connectivity index (χ4n) is 0.998. The van der Waals surface area contributed by atoms with Gasteiger partial charge in [-0.2, -0.15) is 0 Å². The van der Waals surface area contributed by atoms with E-state index in [-0.39, 0.29) is 10.8 Å². The van der Waals surface area contributed by atoms with Crippen molar-refractivity contribution >= 4 is 27.0 Å². The standard InChI is InChI=1S/C8H14N2O3S2/c1-2-7(4-11)10-15(12,13)8-3-6(9)5-14-8/h3,5,7,10-11H,2,4,9H2,1H3/t7-/m1/s1. The second-order valence-electron chi connectivity index (χ2n) is 3.11. The third kappa shape index (κ3) is 3.16. The first-order chi connectivity index (χ1) is 6.99. The molecule has 0 aromatic carbocycles. The summed E-state index contributed by atoms with van der Waals surface area (Å²) in [6.45, 7) is 1.59. The molecule has 1 aromatic rings. The van der Waals surface area contributed by atoms with Gasteiger partial charge in [-0.15, -0.1) is 11.3 Å². The van der Waals surface area contributed by atoms with Crippen molar-refractivity contribution in [2.45, 2.75) is 23.6 Å². The molecule has 0 aliphatic carbocycles. The summed E-state index contributed by atoms with van der Waals surface area (Å²) in [4.78, 5) is 0. The Kier molecular flexibility index (Phi) is 4.09. The fraction of sp³-hybridized carbons (Fsp3) is 0.500. The van der Waals surface area contributed by atoms with E-state index in [1.165, 1.54) is 6.07 Å². The first-order valence-corrected chi connectivity index (χ1v) is 6.83. The van der Waals surface area contributed by atoms with E-state index in [2.05, 4.69) is 4.72 Å². The van der Waals surface area contributed by atoms with Crippen LogP contribution in [0.4, 0.5) is 5.69 Å². The lowest BCUT2D eigenvalue weighted by atomic mass is 10.3. The van der Waals surface area contributed by atoms with Crippen LogP contribution in [-0.4, -0.2) is 26.2 Å². The molecule has 5 nitrogen and oxygen atoms in total. The lowest BCUT2D eigenvalue weighted by molar-refractivity contribution is 0.254. The van der Waals surface area contributed by atoms with Crippen molar-refractivity contribution in [3.05, 3.63) is 11.4 Å². The number of nitrogens with two attached hydrogens (primary N) is 1. The van der Waals surface area contributed by atoms with Gasteiger partial charge in [-0.3, -0.25) is 0 Å². The normalized spacial score (nSPS) is 14.0. The second-order valence-corrected chi connectivity index (χ2v) is 5.96. The molecule has 0 unspecified atom stereocenters. The largest absolute Gasteiger partial charge is 0.398 e. The quantitative estimate of drug-likeness (QED) is 0.704. The number of aliphatic hydroxyl groups excluding tert-OH is 1. The molecule has 0 fully saturated rings. The van der Waals surface area contributed by atoms with Crippen LogP contribution in [0.2, 0.25) is 0 Å². The number of rotatable bonds is 5. The molecule has 0 aliphatic heterocycles. The molecule has 0 saturated heterocycles. The van der Waals surface area contributed by atoms with E-state index < -0.39 is 16.1 Å². The molecule has 86 valence electrons. The number of hydrogen-bond acceptors (Lipinski definition) is 5. The van der Waals surface area contributed by atoms with Gasteiger partial charge in [0.2, 0.25) is 10.0 Å². The van der Waals surface area contributed by atoms with E-state index in [9.17, 15) is 8.42 Å². The van der Waals surface area contributed by atoms with Crippen molar-refractivity contribution in [2.75, 3.05) is 12.3 Å². The number of sulfonamides is 1. The van der Waals surface area contributed by atoms with Gasteiger partial charge in [0.1, 0.15) is 4.21 Å². The summed E-state index contributed by atoms with van der Waals surface area (Å²) in [6.07, 6.45) is 0.538. The molecule has 7 heteroatoms. The van der Waals surface area contributed by atoms with Gasteiger partial charge in [0, 0.05) is 17.1 Å². The lowest BCUT2D eigenvalue weighted by Crippen LogP contribution is -2.36. The average molecular weight is 250 g/mol. The molecule has 1 heterocycles. The van der Waals surface area contributed by atoms with Crippen molar-refractivity contribution in [3.63, 3.8) is 0 Å². The molecule has 0 aliphatic rings. The third-order valence-electron chi connectivity index (χ3n) is 1.90. The SMILES string of the molecule is CC[C@H](CO)NS(=O)(=O)c1cc(N)cs1. The van der Waals surface area contributed by atoms with Crippen molar-refractivity contribution in [3.8, 4) is 0 Å². The Morgan fingerprint density at radius 3 is 2.73 bits per heavy atom. The molecule has 15 heavy (non-hydrogen) atoms. The minimum Gasteiger partial charge on any atom is -0.398 e. The van der Waals surface area contributed by atoms with E-state index in [1.807, 2.05) is 0 Å². The van der Waals surface area contributed by atoms with Crippen LogP contribution in [0.3, 0.4) is 0 Å². The molecule has 0 saturated carbocycles. The lowest BCUT2D eigenvalue weighted by Gasteiger charge is -2.12. The van der Waals surface area contributed by atoms with Crippen LogP contribution in [0.25, 0.3) is 0 Å². The smallest absolute Gasteiger partial charge is 0.250 e. The summed E-state index contributed by atoms with van der Waals surface area (Å²) in [5.74, 6) is 0. The number of anilines is 1. The van der Waals surface area contributed by atoms with Crippen molar-refractivity contribution in [1.82, 2.24) is 4.72 Å². The van der Waals surface area contributed by atoms with Gasteiger partial charge < -0.3 is 10.8 Å². The van der Waals surface area contributed by atoms with Crippen LogP contribution in [0.5, 0.6) is 0 Å². The summed E-state index contributed by atoms with van der Waals surface area (Å²) in [7, 11) is -3.53. The Labute approximate surface area is 93.0 Å². The summed E-state index contributed by atoms with van der Waals surface area (Å²) in [5, 5.41) is 10.5. The highest BCUT2D eigenvalue weighted by Crippen LogP contribution is 2.21. The highest BCUT2D eigenvalue weighted by atomic mass is 32.2. The zero-order valence-electron chi connectivity index (χ0n) is 8.30. The van der Waals surface area contributed by atoms with E-state index in [4.69, 9.17) is 10.8 Å². The number of nitrogen functional groups attached to an aromatic ring is 1. The maximum Gasteiger partial charge on any atom is 0.250 e. The molecule has 1 rings (SSSR count). The molecular weight excluding hydrogens is 236 g/mol. The fourth-order valence-corrected chi connectivity index (χ4v) is 3.41. The van der Waals surface area contributed by atoms with Gasteiger partial charge in [-0.05, 0) is 12.5 Å². The van der Waals surface area contributed by atoms with Crippen LogP contribution < -0.4 is 10.5 Å². The monoisotopic (exact) mass is 250 g/mol. The van der Waals surface area contributed by atoms with Crippen LogP contribution in [0, 0.1) is 0 Å². The molecule has 0 amide bonds. The molecular formula is C8H14N2O3S2. The Balaban J connectivity index is 2.84. The number of aliphatic hydroxyl groups is 1. The Bertz CT molecular complexity index is 409. The number of hydrogen-bond donors (Lipinski definition) is 3. The topological polar surface area (TPSA) is 92.4 Å². The maximum atomic E-state index is 11.7. The zero-order chi connectivity index (χ0) is 11.5. The van der Waals surface area contributed by atoms with Crippen LogP contribution in [-0.2, 0) is 10.0 Å². The molecule has 4 N–H and O–H groups in total. The van der Waals surface area contributed by atoms with Gasteiger partial charge >= 0.3 is 0 Å². The predicted molar refractivity (Wildman–Crippen MR) is 60.2 cm³/mol. The average Bonchev–Trinajstić information content (AvgIpc) is 2.62. The van der Waals surface area contributed by atoms with E-state index in [0.717, 1.165) is 11.3 Å². The van der Waals surface area contributed by atoms with Crippen LogP contribution in [0.15, 0.2) is 15.7 Å². The zero-order valence-corrected chi connectivity index (χ0v) is 9.94. The molecule has 0 radical (unpaired) electrons. The van der Waals surface area contributed by atoms with E-state index >= 15 is 0 Å². The first-order valence-electron chi connectivity index (χ1n) is 4.46. The third-order valence-corrected chi connectivity index (χ3v) is 4.87. The van der Waals surface area contributed by atoms with Crippen LogP contribution >= 0.6 is 11.3 Å². The summed E-state index contributed by atoms with van der Waals surface area (Å²) in [5.41, 5.74) is 5.87. The van der Waals surface area contributed by atoms with Gasteiger partial charge in [-0.25, -0.2) is 13.1 Å². The van der Waals surface area contributed by atoms with Gasteiger partial charge in [-0.1, -0.05) is 6.92 Å². The van der Waals surface area contributed by atoms with Gasteiger partial charge in [0.05, 0.1) is 6.61 Å². The summed E-state index contributed by atoms with van der Waals surface area (Å²) in [6, 6.07) is 0.954. The Morgan fingerprint density at radius 1 is 1.67 bits per heavy atom. The first kappa shape index (κ1) is 12.4. The highest BCUT2D eigenvalue weighted by Gasteiger charge is 2.19. The highest BCUT2D eigenvalue weighted by molar-refractivity contribution is 7.91. The van der Waals surface area contributed by atoms with Crippen molar-refractivity contribution < 1.29 is 13.5 Å². The second kappa shape index (κ2) is 4.93. The maximum absolute atomic E-state index is 11.7. The summed E-state index contributed by atoms with van der Waals surface area (Å²) >= 11 is 1.06. The Morgan fingerprint density at radius 2 is 2.33 bits per heavy atom. The van der Waals surface area contributed by atoms with Gasteiger partial charge in [0.25, 0.3) is 0 Å². The van der Waals surface area contributed by atoms with Crippen molar-refractivity contribution in [2.24, 2.45) is 0 Å². The van der Waals surface area contributed by atoms with Crippen molar-refractivity contribution in [1.29, 1.82) is 0 Å².